The van der Waals surface area contributed by atoms with Crippen LogP contribution in [0.1, 0.15) is 20.3 Å². The van der Waals surface area contributed by atoms with Gasteiger partial charge in [0.05, 0.1) is 25.9 Å². The lowest BCUT2D eigenvalue weighted by molar-refractivity contribution is 0.0934. The molecule has 0 aliphatic carbocycles. The van der Waals surface area contributed by atoms with E-state index in [0.29, 0.717) is 18.5 Å². The molecule has 1 saturated heterocycles. The molecule has 112 valence electrons. The number of likely N-dealkylation sites (N-methyl/N-ethyl adjacent to an activating group) is 1. The first-order valence-electron chi connectivity index (χ1n) is 7.35. The lowest BCUT2D eigenvalue weighted by Crippen LogP contribution is -2.50. The molecular weight excluding hydrogens is 256 g/mol. The van der Waals surface area contributed by atoms with Gasteiger partial charge in [-0.25, -0.2) is 9.97 Å². The van der Waals surface area contributed by atoms with Crippen LogP contribution in [0, 0.1) is 0 Å². The average molecular weight is 280 g/mol. The van der Waals surface area contributed by atoms with Gasteiger partial charge in [-0.15, -0.1) is 0 Å². The van der Waals surface area contributed by atoms with Gasteiger partial charge in [0.1, 0.15) is 12.1 Å². The molecule has 2 heterocycles. The number of nitrogens with one attached hydrogen (secondary N) is 1. The van der Waals surface area contributed by atoms with Crippen LogP contribution in [0.15, 0.2) is 12.4 Å². The molecule has 1 aromatic rings. The molecule has 0 spiro atoms. The summed E-state index contributed by atoms with van der Waals surface area (Å²) in [5, 5.41) is 3.37. The highest BCUT2D eigenvalue weighted by Crippen LogP contribution is 2.20. The van der Waals surface area contributed by atoms with Gasteiger partial charge in [0.2, 0.25) is 5.88 Å². The number of anilines is 1. The van der Waals surface area contributed by atoms with Crippen LogP contribution in [0.3, 0.4) is 0 Å². The van der Waals surface area contributed by atoms with E-state index in [4.69, 9.17) is 9.47 Å². The van der Waals surface area contributed by atoms with Crippen molar-refractivity contribution in [2.75, 3.05) is 44.4 Å². The summed E-state index contributed by atoms with van der Waals surface area (Å²) < 4.78 is 11.1. The van der Waals surface area contributed by atoms with Crippen molar-refractivity contribution in [2.45, 2.75) is 26.3 Å². The second kappa shape index (κ2) is 8.01. The largest absolute Gasteiger partial charge is 0.478 e. The van der Waals surface area contributed by atoms with E-state index in [2.05, 4.69) is 34.0 Å². The molecule has 1 atom stereocenters. The van der Waals surface area contributed by atoms with Crippen LogP contribution in [0.2, 0.25) is 0 Å². The maximum Gasteiger partial charge on any atom is 0.218 e. The summed E-state index contributed by atoms with van der Waals surface area (Å²) in [6, 6.07) is 2.22. The van der Waals surface area contributed by atoms with E-state index < -0.39 is 0 Å². The molecule has 0 saturated carbocycles. The number of ether oxygens (including phenoxy) is 2. The number of hydrogen-bond acceptors (Lipinski definition) is 6. The fourth-order valence-electron chi connectivity index (χ4n) is 2.21. The van der Waals surface area contributed by atoms with Crippen molar-refractivity contribution in [1.29, 1.82) is 0 Å². The molecule has 0 radical (unpaired) electrons. The molecule has 2 rings (SSSR count). The highest BCUT2D eigenvalue weighted by Gasteiger charge is 2.24. The molecule has 0 amide bonds. The third-order valence-corrected chi connectivity index (χ3v) is 3.23. The molecule has 6 heteroatoms. The Labute approximate surface area is 120 Å². The first kappa shape index (κ1) is 15.0. The minimum Gasteiger partial charge on any atom is -0.478 e. The fraction of sp³-hybridized carbons (Fsp3) is 0.714. The molecule has 1 aromatic heterocycles. The van der Waals surface area contributed by atoms with Crippen molar-refractivity contribution in [3.8, 4) is 5.88 Å². The second-order valence-corrected chi connectivity index (χ2v) is 4.79. The highest BCUT2D eigenvalue weighted by atomic mass is 16.5. The number of aromatic nitrogens is 2. The summed E-state index contributed by atoms with van der Waals surface area (Å²) >= 11 is 0. The molecule has 6 nitrogen and oxygen atoms in total. The van der Waals surface area contributed by atoms with Crippen molar-refractivity contribution in [2.24, 2.45) is 0 Å². The van der Waals surface area contributed by atoms with Crippen LogP contribution in [0.4, 0.5) is 5.82 Å². The van der Waals surface area contributed by atoms with E-state index in [1.165, 1.54) is 0 Å². The van der Waals surface area contributed by atoms with Crippen LogP contribution in [0.25, 0.3) is 0 Å². The maximum absolute atomic E-state index is 5.58. The molecule has 20 heavy (non-hydrogen) atoms. The van der Waals surface area contributed by atoms with Gasteiger partial charge in [0.15, 0.2) is 0 Å². The van der Waals surface area contributed by atoms with E-state index in [1.54, 1.807) is 6.33 Å². The number of nitrogens with zero attached hydrogens (tertiary/aromatic N) is 3. The fourth-order valence-corrected chi connectivity index (χ4v) is 2.21. The van der Waals surface area contributed by atoms with E-state index in [1.807, 2.05) is 6.07 Å². The van der Waals surface area contributed by atoms with Crippen molar-refractivity contribution in [3.05, 3.63) is 12.4 Å². The summed E-state index contributed by atoms with van der Waals surface area (Å²) in [7, 11) is 0. The third-order valence-electron chi connectivity index (χ3n) is 3.23. The quantitative estimate of drug-likeness (QED) is 0.806. The zero-order chi connectivity index (χ0) is 14.2. The predicted molar refractivity (Wildman–Crippen MR) is 78.3 cm³/mol. The van der Waals surface area contributed by atoms with Gasteiger partial charge < -0.3 is 19.7 Å². The Hall–Kier alpha value is -1.40. The Morgan fingerprint density at radius 1 is 1.45 bits per heavy atom. The topological polar surface area (TPSA) is 59.5 Å². The minimum absolute atomic E-state index is 0.303. The highest BCUT2D eigenvalue weighted by molar-refractivity contribution is 5.42. The van der Waals surface area contributed by atoms with Crippen molar-refractivity contribution >= 4 is 5.82 Å². The van der Waals surface area contributed by atoms with Crippen LogP contribution in [-0.4, -0.2) is 55.5 Å². The Kier molecular flexibility index (Phi) is 6.01. The zero-order valence-corrected chi connectivity index (χ0v) is 12.3. The van der Waals surface area contributed by atoms with Gasteiger partial charge in [0.25, 0.3) is 0 Å². The summed E-state index contributed by atoms with van der Waals surface area (Å²) in [6.45, 7) is 9.02. The Balaban J connectivity index is 2.06. The summed E-state index contributed by atoms with van der Waals surface area (Å²) in [6.07, 6.45) is 2.54. The second-order valence-electron chi connectivity index (χ2n) is 4.79. The molecule has 1 fully saturated rings. The Bertz CT molecular complexity index is 403. The predicted octanol–water partition coefficient (Wildman–Crippen LogP) is 1.08. The molecule has 1 unspecified atom stereocenters. The number of rotatable bonds is 7. The molecular formula is C14H24N4O2. The molecule has 1 aliphatic heterocycles. The monoisotopic (exact) mass is 280 g/mol. The number of hydrogen-bond donors (Lipinski definition) is 1. The smallest absolute Gasteiger partial charge is 0.218 e. The lowest BCUT2D eigenvalue weighted by Gasteiger charge is -2.36. The van der Waals surface area contributed by atoms with Gasteiger partial charge in [-0.1, -0.05) is 13.8 Å². The first-order chi connectivity index (χ1) is 9.85. The normalized spacial score (nSPS) is 19.1. The Morgan fingerprint density at radius 2 is 2.35 bits per heavy atom. The van der Waals surface area contributed by atoms with Crippen LogP contribution in [0.5, 0.6) is 5.88 Å². The van der Waals surface area contributed by atoms with Gasteiger partial charge in [-0.05, 0) is 13.0 Å². The van der Waals surface area contributed by atoms with Crippen LogP contribution in [-0.2, 0) is 4.74 Å². The molecule has 1 aliphatic rings. The van der Waals surface area contributed by atoms with Gasteiger partial charge in [-0.3, -0.25) is 0 Å². The summed E-state index contributed by atoms with van der Waals surface area (Å²) in [5.41, 5.74) is 0. The zero-order valence-electron chi connectivity index (χ0n) is 12.3. The molecule has 0 aromatic carbocycles. The maximum atomic E-state index is 5.58. The Morgan fingerprint density at radius 3 is 3.15 bits per heavy atom. The first-order valence-corrected chi connectivity index (χ1v) is 7.35. The van der Waals surface area contributed by atoms with Crippen molar-refractivity contribution in [1.82, 2.24) is 15.3 Å². The van der Waals surface area contributed by atoms with E-state index >= 15 is 0 Å². The van der Waals surface area contributed by atoms with Gasteiger partial charge >= 0.3 is 0 Å². The molecule has 1 N–H and O–H groups in total. The summed E-state index contributed by atoms with van der Waals surface area (Å²) in [4.78, 5) is 10.8. The van der Waals surface area contributed by atoms with Crippen molar-refractivity contribution < 1.29 is 9.47 Å². The third kappa shape index (κ3) is 4.05. The number of morpholine rings is 1. The standard InChI is InChI=1S/C14H24N4O2/c1-3-6-20-14-8-13(16-11-17-14)18-5-7-19-10-12(18)9-15-4-2/h8,11-12,15H,3-7,9-10H2,1-2H3. The van der Waals surface area contributed by atoms with E-state index in [-0.39, 0.29) is 0 Å². The van der Waals surface area contributed by atoms with E-state index in [9.17, 15) is 0 Å². The lowest BCUT2D eigenvalue weighted by atomic mass is 10.2. The van der Waals surface area contributed by atoms with Crippen LogP contribution >= 0.6 is 0 Å². The summed E-state index contributed by atoms with van der Waals surface area (Å²) in [5.74, 6) is 1.56. The minimum atomic E-state index is 0.303. The van der Waals surface area contributed by atoms with Crippen molar-refractivity contribution in [3.63, 3.8) is 0 Å². The van der Waals surface area contributed by atoms with Gasteiger partial charge in [-0.2, -0.15) is 0 Å². The van der Waals surface area contributed by atoms with Crippen LogP contribution < -0.4 is 15.0 Å². The van der Waals surface area contributed by atoms with Gasteiger partial charge in [0, 0.05) is 19.2 Å². The molecule has 0 bridgehead atoms. The SMILES string of the molecule is CCCOc1cc(N2CCOCC2CNCC)ncn1. The van der Waals surface area contributed by atoms with E-state index in [0.717, 1.165) is 45.1 Å². The average Bonchev–Trinajstić information content (AvgIpc) is 2.51.